The van der Waals surface area contributed by atoms with Gasteiger partial charge in [-0.1, -0.05) is 24.3 Å². The van der Waals surface area contributed by atoms with Gasteiger partial charge in [0.15, 0.2) is 11.6 Å². The third-order valence-electron chi connectivity index (χ3n) is 3.91. The van der Waals surface area contributed by atoms with Gasteiger partial charge in [-0.3, -0.25) is 9.59 Å². The van der Waals surface area contributed by atoms with Gasteiger partial charge in [0.1, 0.15) is 0 Å². The average molecular weight is 261 g/mol. The molecule has 3 heteroatoms. The summed E-state index contributed by atoms with van der Waals surface area (Å²) in [5, 5.41) is 9.15. The minimum Gasteiger partial charge on any atom is -0.289 e. The SMILES string of the molecule is Cc1c(C#N)cc2c(c1C)C(=O)c1ccccc1C2=O. The molecule has 1 aliphatic carbocycles. The molecule has 0 N–H and O–H groups in total. The highest BCUT2D eigenvalue weighted by Crippen LogP contribution is 2.32. The van der Waals surface area contributed by atoms with Gasteiger partial charge in [0, 0.05) is 22.3 Å². The van der Waals surface area contributed by atoms with Crippen molar-refractivity contribution in [1.82, 2.24) is 0 Å². The minimum absolute atomic E-state index is 0.139. The van der Waals surface area contributed by atoms with E-state index in [9.17, 15) is 9.59 Å². The summed E-state index contributed by atoms with van der Waals surface area (Å²) in [4.78, 5) is 25.1. The van der Waals surface area contributed by atoms with E-state index in [4.69, 9.17) is 5.26 Å². The summed E-state index contributed by atoms with van der Waals surface area (Å²) in [6.07, 6.45) is 0. The van der Waals surface area contributed by atoms with Crippen molar-refractivity contribution >= 4 is 11.6 Å². The molecule has 0 heterocycles. The quantitative estimate of drug-likeness (QED) is 0.625. The molecule has 2 aromatic rings. The first-order valence-corrected chi connectivity index (χ1v) is 6.29. The number of hydrogen-bond donors (Lipinski definition) is 0. The predicted octanol–water partition coefficient (Wildman–Crippen LogP) is 2.95. The van der Waals surface area contributed by atoms with Crippen molar-refractivity contribution in [2.24, 2.45) is 0 Å². The molecule has 0 aromatic heterocycles. The van der Waals surface area contributed by atoms with Crippen molar-refractivity contribution in [2.45, 2.75) is 13.8 Å². The number of rotatable bonds is 0. The van der Waals surface area contributed by atoms with Gasteiger partial charge in [-0.2, -0.15) is 5.26 Å². The molecule has 0 spiro atoms. The van der Waals surface area contributed by atoms with Crippen LogP contribution in [0.5, 0.6) is 0 Å². The molecule has 0 fully saturated rings. The van der Waals surface area contributed by atoms with E-state index in [2.05, 4.69) is 6.07 Å². The number of benzene rings is 2. The third-order valence-corrected chi connectivity index (χ3v) is 3.91. The summed E-state index contributed by atoms with van der Waals surface area (Å²) in [7, 11) is 0. The Kier molecular flexibility index (Phi) is 2.55. The van der Waals surface area contributed by atoms with Crippen LogP contribution in [0.2, 0.25) is 0 Å². The van der Waals surface area contributed by atoms with Crippen molar-refractivity contribution in [2.75, 3.05) is 0 Å². The Morgan fingerprint density at radius 1 is 0.900 bits per heavy atom. The molecule has 0 amide bonds. The second-order valence-corrected chi connectivity index (χ2v) is 4.91. The molecule has 0 atom stereocenters. The zero-order chi connectivity index (χ0) is 14.4. The lowest BCUT2D eigenvalue weighted by atomic mass is 9.80. The predicted molar refractivity (Wildman–Crippen MR) is 73.9 cm³/mol. The summed E-state index contributed by atoms with van der Waals surface area (Å²) in [5.41, 5.74) is 3.55. The highest BCUT2D eigenvalue weighted by Gasteiger charge is 2.31. The van der Waals surface area contributed by atoms with Crippen LogP contribution in [0.1, 0.15) is 48.5 Å². The van der Waals surface area contributed by atoms with Crippen LogP contribution in [0.3, 0.4) is 0 Å². The van der Waals surface area contributed by atoms with Crippen LogP contribution in [0.25, 0.3) is 0 Å². The highest BCUT2D eigenvalue weighted by atomic mass is 16.1. The topological polar surface area (TPSA) is 57.9 Å². The van der Waals surface area contributed by atoms with Crippen LogP contribution < -0.4 is 0 Å². The van der Waals surface area contributed by atoms with Gasteiger partial charge < -0.3 is 0 Å². The van der Waals surface area contributed by atoms with E-state index in [1.54, 1.807) is 38.1 Å². The van der Waals surface area contributed by atoms with E-state index in [0.717, 1.165) is 5.56 Å². The van der Waals surface area contributed by atoms with E-state index in [0.29, 0.717) is 33.4 Å². The van der Waals surface area contributed by atoms with E-state index in [-0.39, 0.29) is 11.6 Å². The second kappa shape index (κ2) is 4.14. The maximum absolute atomic E-state index is 12.6. The largest absolute Gasteiger partial charge is 0.289 e. The lowest BCUT2D eigenvalue weighted by Gasteiger charge is -2.20. The number of carbonyl (C=O) groups is 2. The number of nitrogens with zero attached hydrogens (tertiary/aromatic N) is 1. The summed E-state index contributed by atoms with van der Waals surface area (Å²) < 4.78 is 0. The minimum atomic E-state index is -0.185. The molecule has 0 radical (unpaired) electrons. The first-order chi connectivity index (χ1) is 9.56. The van der Waals surface area contributed by atoms with E-state index < -0.39 is 0 Å². The summed E-state index contributed by atoms with van der Waals surface area (Å²) in [6.45, 7) is 3.58. The van der Waals surface area contributed by atoms with Crippen LogP contribution in [0.4, 0.5) is 0 Å². The van der Waals surface area contributed by atoms with Crippen molar-refractivity contribution in [3.8, 4) is 6.07 Å². The Hall–Kier alpha value is -2.73. The molecule has 2 aromatic carbocycles. The van der Waals surface area contributed by atoms with Gasteiger partial charge in [-0.25, -0.2) is 0 Å². The first-order valence-electron chi connectivity index (χ1n) is 6.29. The third kappa shape index (κ3) is 1.45. The molecule has 0 bridgehead atoms. The Balaban J connectivity index is 2.40. The Morgan fingerprint density at radius 2 is 1.50 bits per heavy atom. The number of hydrogen-bond acceptors (Lipinski definition) is 3. The fourth-order valence-corrected chi connectivity index (χ4v) is 2.66. The average Bonchev–Trinajstić information content (AvgIpc) is 2.47. The lowest BCUT2D eigenvalue weighted by Crippen LogP contribution is -2.22. The van der Waals surface area contributed by atoms with Crippen LogP contribution in [0.15, 0.2) is 30.3 Å². The van der Waals surface area contributed by atoms with Crippen molar-refractivity contribution in [3.63, 3.8) is 0 Å². The Morgan fingerprint density at radius 3 is 2.10 bits per heavy atom. The van der Waals surface area contributed by atoms with Gasteiger partial charge in [-0.05, 0) is 31.0 Å². The summed E-state index contributed by atoms with van der Waals surface area (Å²) in [6, 6.07) is 10.4. The van der Waals surface area contributed by atoms with Crippen molar-refractivity contribution in [1.29, 1.82) is 5.26 Å². The van der Waals surface area contributed by atoms with Gasteiger partial charge in [0.2, 0.25) is 0 Å². The van der Waals surface area contributed by atoms with Crippen molar-refractivity contribution in [3.05, 3.63) is 69.3 Å². The molecule has 96 valence electrons. The van der Waals surface area contributed by atoms with Crippen LogP contribution in [-0.4, -0.2) is 11.6 Å². The molecule has 20 heavy (non-hydrogen) atoms. The van der Waals surface area contributed by atoms with Crippen LogP contribution in [0, 0.1) is 25.2 Å². The smallest absolute Gasteiger partial charge is 0.194 e. The zero-order valence-electron chi connectivity index (χ0n) is 11.2. The zero-order valence-corrected chi connectivity index (χ0v) is 11.2. The van der Waals surface area contributed by atoms with Gasteiger partial charge in [-0.15, -0.1) is 0 Å². The van der Waals surface area contributed by atoms with Gasteiger partial charge in [0.25, 0.3) is 0 Å². The number of fused-ring (bicyclic) bond motifs is 2. The van der Waals surface area contributed by atoms with E-state index in [1.807, 2.05) is 0 Å². The normalized spacial score (nSPS) is 12.7. The lowest BCUT2D eigenvalue weighted by molar-refractivity contribution is 0.0978. The Bertz CT molecular complexity index is 826. The molecule has 1 aliphatic rings. The molecule has 0 saturated heterocycles. The molecule has 0 unspecified atom stereocenters. The fourth-order valence-electron chi connectivity index (χ4n) is 2.66. The van der Waals surface area contributed by atoms with Crippen LogP contribution >= 0.6 is 0 Å². The number of carbonyl (C=O) groups excluding carboxylic acids is 2. The second-order valence-electron chi connectivity index (χ2n) is 4.91. The van der Waals surface area contributed by atoms with E-state index >= 15 is 0 Å². The monoisotopic (exact) mass is 261 g/mol. The fraction of sp³-hybridized carbons (Fsp3) is 0.118. The van der Waals surface area contributed by atoms with Gasteiger partial charge >= 0.3 is 0 Å². The van der Waals surface area contributed by atoms with Gasteiger partial charge in [0.05, 0.1) is 11.6 Å². The molecule has 0 aliphatic heterocycles. The maximum atomic E-state index is 12.6. The number of nitriles is 1. The molecular formula is C17H11NO2. The maximum Gasteiger partial charge on any atom is 0.194 e. The highest BCUT2D eigenvalue weighted by molar-refractivity contribution is 6.29. The molecular weight excluding hydrogens is 250 g/mol. The number of ketones is 2. The standard InChI is InChI=1S/C17H11NO2/c1-9-10(2)15-14(7-11(9)8-18)16(19)12-5-3-4-6-13(12)17(15)20/h3-7H,1-2H3. The molecule has 0 saturated carbocycles. The molecule has 3 rings (SSSR count). The summed E-state index contributed by atoms with van der Waals surface area (Å²) >= 11 is 0. The van der Waals surface area contributed by atoms with Crippen LogP contribution in [-0.2, 0) is 0 Å². The van der Waals surface area contributed by atoms with Crippen molar-refractivity contribution < 1.29 is 9.59 Å². The molecule has 3 nitrogen and oxygen atoms in total. The Labute approximate surface area is 116 Å². The first kappa shape index (κ1) is 12.3. The van der Waals surface area contributed by atoms with E-state index in [1.165, 1.54) is 6.07 Å². The summed E-state index contributed by atoms with van der Waals surface area (Å²) in [5.74, 6) is -0.324.